The maximum absolute atomic E-state index is 5.58. The van der Waals surface area contributed by atoms with Crippen LogP contribution in [0.15, 0.2) is 36.4 Å². The van der Waals surface area contributed by atoms with Crippen LogP contribution in [0.5, 0.6) is 0 Å². The van der Waals surface area contributed by atoms with Crippen molar-refractivity contribution in [3.63, 3.8) is 0 Å². The highest BCUT2D eigenvalue weighted by atomic mass is 32.1. The number of benzene rings is 1. The SMILES string of the molecule is C[C@@H]1CCCN(c2cc(N3CCCC[C@@H]3C)nc(NC(=S)NCCCc3ccccc3)n2)C1. The van der Waals surface area contributed by atoms with Crippen molar-refractivity contribution < 1.29 is 0 Å². The number of aryl methyl sites for hydroxylation is 1. The van der Waals surface area contributed by atoms with Gasteiger partial charge in [-0.1, -0.05) is 37.3 Å². The molecule has 33 heavy (non-hydrogen) atoms. The lowest BCUT2D eigenvalue weighted by molar-refractivity contribution is 0.444. The highest BCUT2D eigenvalue weighted by molar-refractivity contribution is 7.80. The Hall–Kier alpha value is -2.41. The summed E-state index contributed by atoms with van der Waals surface area (Å²) < 4.78 is 0. The van der Waals surface area contributed by atoms with E-state index in [0.717, 1.165) is 50.7 Å². The molecule has 7 heteroatoms. The Morgan fingerprint density at radius 1 is 1.03 bits per heavy atom. The Morgan fingerprint density at radius 2 is 1.85 bits per heavy atom. The molecule has 2 N–H and O–H groups in total. The maximum Gasteiger partial charge on any atom is 0.232 e. The van der Waals surface area contributed by atoms with Gasteiger partial charge in [-0.15, -0.1) is 0 Å². The third kappa shape index (κ3) is 6.79. The third-order valence-electron chi connectivity index (χ3n) is 6.77. The van der Waals surface area contributed by atoms with Crippen LogP contribution in [0.1, 0.15) is 57.9 Å². The van der Waals surface area contributed by atoms with Gasteiger partial charge in [0.15, 0.2) is 5.11 Å². The van der Waals surface area contributed by atoms with Crippen LogP contribution in [-0.4, -0.2) is 47.3 Å². The van der Waals surface area contributed by atoms with Crippen LogP contribution in [0, 0.1) is 5.92 Å². The van der Waals surface area contributed by atoms with E-state index >= 15 is 0 Å². The summed E-state index contributed by atoms with van der Waals surface area (Å²) in [5.41, 5.74) is 1.35. The van der Waals surface area contributed by atoms with Gasteiger partial charge >= 0.3 is 0 Å². The summed E-state index contributed by atoms with van der Waals surface area (Å²) in [4.78, 5) is 14.6. The quantitative estimate of drug-likeness (QED) is 0.439. The molecule has 2 saturated heterocycles. The predicted molar refractivity (Wildman–Crippen MR) is 142 cm³/mol. The minimum Gasteiger partial charge on any atom is -0.362 e. The van der Waals surface area contributed by atoms with Crippen molar-refractivity contribution in [3.8, 4) is 0 Å². The molecule has 2 aliphatic heterocycles. The van der Waals surface area contributed by atoms with Gasteiger partial charge in [-0.2, -0.15) is 9.97 Å². The zero-order valence-corrected chi connectivity index (χ0v) is 20.9. The highest BCUT2D eigenvalue weighted by Gasteiger charge is 2.24. The number of piperidine rings is 2. The van der Waals surface area contributed by atoms with E-state index in [-0.39, 0.29) is 0 Å². The number of anilines is 3. The molecule has 2 atom stereocenters. The summed E-state index contributed by atoms with van der Waals surface area (Å²) in [5, 5.41) is 7.19. The van der Waals surface area contributed by atoms with E-state index in [1.807, 2.05) is 0 Å². The number of hydrogen-bond donors (Lipinski definition) is 2. The fourth-order valence-electron chi connectivity index (χ4n) is 4.91. The van der Waals surface area contributed by atoms with Crippen molar-refractivity contribution in [2.45, 2.75) is 64.8 Å². The Balaban J connectivity index is 1.42. The van der Waals surface area contributed by atoms with Crippen molar-refractivity contribution in [2.75, 3.05) is 41.3 Å². The van der Waals surface area contributed by atoms with Crippen LogP contribution in [0.3, 0.4) is 0 Å². The molecule has 6 nitrogen and oxygen atoms in total. The molecule has 1 aromatic heterocycles. The van der Waals surface area contributed by atoms with E-state index in [1.54, 1.807) is 0 Å². The standard InChI is InChI=1S/C26H38N6S/c1-20-10-9-16-31(19-20)23-18-24(32-17-7-6-11-21(32)2)29-25(28-23)30-26(33)27-15-8-14-22-12-4-3-5-13-22/h3-5,12-13,18,20-21H,6-11,14-17,19H2,1-2H3,(H2,27,28,29,30,33)/t20-,21+/m1/s1. The molecule has 3 heterocycles. The van der Waals surface area contributed by atoms with E-state index in [4.69, 9.17) is 22.2 Å². The zero-order valence-electron chi connectivity index (χ0n) is 20.1. The summed E-state index contributed by atoms with van der Waals surface area (Å²) in [6.45, 7) is 8.60. The first kappa shape index (κ1) is 23.7. The molecular weight excluding hydrogens is 428 g/mol. The van der Waals surface area contributed by atoms with Crippen molar-refractivity contribution in [2.24, 2.45) is 5.92 Å². The van der Waals surface area contributed by atoms with Crippen LogP contribution >= 0.6 is 12.2 Å². The van der Waals surface area contributed by atoms with E-state index in [2.05, 4.69) is 70.7 Å². The highest BCUT2D eigenvalue weighted by Crippen LogP contribution is 2.29. The monoisotopic (exact) mass is 466 g/mol. The van der Waals surface area contributed by atoms with Gasteiger partial charge in [0.25, 0.3) is 0 Å². The molecule has 2 fully saturated rings. The van der Waals surface area contributed by atoms with Gasteiger partial charge in [-0.05, 0) is 75.6 Å². The van der Waals surface area contributed by atoms with Crippen molar-refractivity contribution in [1.29, 1.82) is 0 Å². The van der Waals surface area contributed by atoms with E-state index in [1.165, 1.54) is 37.7 Å². The Labute approximate surface area is 204 Å². The van der Waals surface area contributed by atoms with Gasteiger partial charge in [-0.25, -0.2) is 0 Å². The van der Waals surface area contributed by atoms with Gasteiger partial charge in [0.2, 0.25) is 5.95 Å². The average Bonchev–Trinajstić information content (AvgIpc) is 2.82. The average molecular weight is 467 g/mol. The minimum atomic E-state index is 0.498. The number of aromatic nitrogens is 2. The predicted octanol–water partition coefficient (Wildman–Crippen LogP) is 5.01. The van der Waals surface area contributed by atoms with Gasteiger partial charge < -0.3 is 20.4 Å². The topological polar surface area (TPSA) is 56.3 Å². The molecule has 0 radical (unpaired) electrons. The molecule has 0 saturated carbocycles. The number of nitrogens with zero attached hydrogens (tertiary/aromatic N) is 4. The third-order valence-corrected chi connectivity index (χ3v) is 7.02. The normalized spacial score (nSPS) is 21.0. The lowest BCUT2D eigenvalue weighted by Gasteiger charge is -2.36. The smallest absolute Gasteiger partial charge is 0.232 e. The van der Waals surface area contributed by atoms with Crippen LogP contribution in [0.4, 0.5) is 17.6 Å². The zero-order chi connectivity index (χ0) is 23.0. The van der Waals surface area contributed by atoms with Gasteiger partial charge in [0, 0.05) is 38.3 Å². The first-order chi connectivity index (χ1) is 16.1. The number of rotatable bonds is 7. The summed E-state index contributed by atoms with van der Waals surface area (Å²) in [6.07, 6.45) is 8.28. The minimum absolute atomic E-state index is 0.498. The summed E-state index contributed by atoms with van der Waals surface area (Å²) >= 11 is 5.58. The second-order valence-electron chi connectivity index (χ2n) is 9.61. The summed E-state index contributed by atoms with van der Waals surface area (Å²) in [5.74, 6) is 3.31. The van der Waals surface area contributed by atoms with E-state index < -0.39 is 0 Å². The molecule has 0 aliphatic carbocycles. The second kappa shape index (κ2) is 11.6. The van der Waals surface area contributed by atoms with Gasteiger partial charge in [0.1, 0.15) is 11.6 Å². The first-order valence-corrected chi connectivity index (χ1v) is 13.0. The van der Waals surface area contributed by atoms with Crippen LogP contribution < -0.4 is 20.4 Å². The van der Waals surface area contributed by atoms with E-state index in [0.29, 0.717) is 23.0 Å². The molecular formula is C26H38N6S. The number of thiocarbonyl (C=S) groups is 1. The molecule has 4 rings (SSSR count). The second-order valence-corrected chi connectivity index (χ2v) is 10.0. The summed E-state index contributed by atoms with van der Waals surface area (Å²) in [6, 6.07) is 13.2. The lowest BCUT2D eigenvalue weighted by Crippen LogP contribution is -2.39. The Morgan fingerprint density at radius 3 is 2.64 bits per heavy atom. The molecule has 0 amide bonds. The number of hydrogen-bond acceptors (Lipinski definition) is 5. The van der Waals surface area contributed by atoms with Crippen molar-refractivity contribution >= 4 is 34.9 Å². The maximum atomic E-state index is 5.58. The molecule has 0 unspecified atom stereocenters. The lowest BCUT2D eigenvalue weighted by atomic mass is 10.0. The van der Waals surface area contributed by atoms with Gasteiger partial charge in [-0.3, -0.25) is 0 Å². The Kier molecular flexibility index (Phi) is 8.37. The van der Waals surface area contributed by atoms with Crippen molar-refractivity contribution in [1.82, 2.24) is 15.3 Å². The van der Waals surface area contributed by atoms with Crippen LogP contribution in [0.2, 0.25) is 0 Å². The fourth-order valence-corrected chi connectivity index (χ4v) is 5.10. The summed E-state index contributed by atoms with van der Waals surface area (Å²) in [7, 11) is 0. The van der Waals surface area contributed by atoms with Crippen LogP contribution in [0.25, 0.3) is 0 Å². The largest absolute Gasteiger partial charge is 0.362 e. The van der Waals surface area contributed by atoms with Crippen LogP contribution in [-0.2, 0) is 6.42 Å². The van der Waals surface area contributed by atoms with Crippen molar-refractivity contribution in [3.05, 3.63) is 42.0 Å². The Bertz CT molecular complexity index is 905. The number of nitrogens with one attached hydrogen (secondary N) is 2. The molecule has 1 aromatic carbocycles. The van der Waals surface area contributed by atoms with E-state index in [9.17, 15) is 0 Å². The fraction of sp³-hybridized carbons (Fsp3) is 0.577. The molecule has 2 aromatic rings. The molecule has 0 spiro atoms. The molecule has 178 valence electrons. The first-order valence-electron chi connectivity index (χ1n) is 12.6. The van der Waals surface area contributed by atoms with Gasteiger partial charge in [0.05, 0.1) is 0 Å². The molecule has 0 bridgehead atoms. The molecule has 2 aliphatic rings.